The molecule has 20 heavy (non-hydrogen) atoms. The molecule has 2 rings (SSSR count). The quantitative estimate of drug-likeness (QED) is 0.742. The third-order valence-corrected chi connectivity index (χ3v) is 4.34. The molecule has 5 heteroatoms. The van der Waals surface area contributed by atoms with Gasteiger partial charge in [-0.1, -0.05) is 0 Å². The van der Waals surface area contributed by atoms with Crippen molar-refractivity contribution >= 4 is 0 Å². The van der Waals surface area contributed by atoms with E-state index in [0.717, 1.165) is 57.6 Å². The predicted molar refractivity (Wildman–Crippen MR) is 78.4 cm³/mol. The summed E-state index contributed by atoms with van der Waals surface area (Å²) in [6, 6.07) is 0. The molecule has 5 nitrogen and oxygen atoms in total. The zero-order valence-electron chi connectivity index (χ0n) is 12.6. The lowest BCUT2D eigenvalue weighted by atomic mass is 9.78. The number of aromatic nitrogens is 2. The van der Waals surface area contributed by atoms with Crippen molar-refractivity contribution in [3.63, 3.8) is 0 Å². The number of imidazole rings is 1. The first-order valence-electron chi connectivity index (χ1n) is 7.58. The zero-order valence-corrected chi connectivity index (χ0v) is 12.6. The van der Waals surface area contributed by atoms with Gasteiger partial charge in [-0.2, -0.15) is 0 Å². The first-order valence-corrected chi connectivity index (χ1v) is 7.58. The highest BCUT2D eigenvalue weighted by Crippen LogP contribution is 2.37. The number of rotatable bonds is 7. The van der Waals surface area contributed by atoms with Crippen LogP contribution in [0.15, 0.2) is 12.4 Å². The minimum absolute atomic E-state index is 0.236. The van der Waals surface area contributed by atoms with Crippen LogP contribution in [0.4, 0.5) is 0 Å². The topological polar surface area (TPSA) is 59.3 Å². The van der Waals surface area contributed by atoms with Gasteiger partial charge in [-0.25, -0.2) is 4.98 Å². The fraction of sp³-hybridized carbons (Fsp3) is 0.800. The van der Waals surface area contributed by atoms with Gasteiger partial charge >= 0.3 is 0 Å². The van der Waals surface area contributed by atoms with E-state index in [2.05, 4.69) is 10.3 Å². The van der Waals surface area contributed by atoms with Gasteiger partial charge in [-0.05, 0) is 38.6 Å². The Kier molecular flexibility index (Phi) is 5.57. The van der Waals surface area contributed by atoms with Crippen molar-refractivity contribution in [1.29, 1.82) is 0 Å². The molecule has 0 spiro atoms. The second-order valence-electron chi connectivity index (χ2n) is 5.78. The number of piperidine rings is 1. The standard InChI is InChI=1S/C15H27N3O2/c1-18-10-9-17-14(18)15(19,7-3-4-11-20-2)13-6-5-8-16-12-13/h9-10,13,16,19H,3-8,11-12H2,1-2H3/t13?,15-/m0/s1. The Balaban J connectivity index is 2.11. The number of aryl methyl sites for hydroxylation is 1. The van der Waals surface area contributed by atoms with Crippen LogP contribution in [0.5, 0.6) is 0 Å². The van der Waals surface area contributed by atoms with Gasteiger partial charge in [0.2, 0.25) is 0 Å². The van der Waals surface area contributed by atoms with Gasteiger partial charge in [0.05, 0.1) is 0 Å². The Bertz CT molecular complexity index is 402. The summed E-state index contributed by atoms with van der Waals surface area (Å²) >= 11 is 0. The van der Waals surface area contributed by atoms with Crippen molar-refractivity contribution in [3.05, 3.63) is 18.2 Å². The van der Waals surface area contributed by atoms with Crippen LogP contribution in [-0.4, -0.2) is 41.5 Å². The van der Waals surface area contributed by atoms with E-state index in [4.69, 9.17) is 4.74 Å². The SMILES string of the molecule is COCCCC[C@@](O)(c1nccn1C)C1CCCNC1. The van der Waals surface area contributed by atoms with E-state index in [1.165, 1.54) is 0 Å². The van der Waals surface area contributed by atoms with Gasteiger partial charge in [0.1, 0.15) is 11.4 Å². The van der Waals surface area contributed by atoms with Gasteiger partial charge in [0.25, 0.3) is 0 Å². The zero-order chi connectivity index (χ0) is 14.4. The fourth-order valence-corrected chi connectivity index (χ4v) is 3.18. The van der Waals surface area contributed by atoms with E-state index in [-0.39, 0.29) is 5.92 Å². The molecule has 0 aromatic carbocycles. The van der Waals surface area contributed by atoms with Crippen LogP contribution >= 0.6 is 0 Å². The number of nitrogens with zero attached hydrogens (tertiary/aromatic N) is 2. The second kappa shape index (κ2) is 7.20. The van der Waals surface area contributed by atoms with Crippen molar-refractivity contribution in [1.82, 2.24) is 14.9 Å². The van der Waals surface area contributed by atoms with E-state index >= 15 is 0 Å². The highest BCUT2D eigenvalue weighted by atomic mass is 16.5. The van der Waals surface area contributed by atoms with E-state index in [1.54, 1.807) is 13.3 Å². The Hall–Kier alpha value is -0.910. The number of hydrogen-bond acceptors (Lipinski definition) is 4. The van der Waals surface area contributed by atoms with Gasteiger partial charge in [0.15, 0.2) is 0 Å². The molecule has 2 heterocycles. The van der Waals surface area contributed by atoms with Crippen LogP contribution in [0, 0.1) is 5.92 Å². The Labute approximate surface area is 121 Å². The molecule has 0 radical (unpaired) electrons. The molecule has 1 aliphatic heterocycles. The second-order valence-corrected chi connectivity index (χ2v) is 5.78. The third-order valence-electron chi connectivity index (χ3n) is 4.34. The molecule has 0 bridgehead atoms. The molecule has 1 saturated heterocycles. The van der Waals surface area contributed by atoms with Gasteiger partial charge in [0, 0.05) is 45.6 Å². The summed E-state index contributed by atoms with van der Waals surface area (Å²) in [6.45, 7) is 2.67. The van der Waals surface area contributed by atoms with Crippen molar-refractivity contribution in [3.8, 4) is 0 Å². The maximum absolute atomic E-state index is 11.3. The molecule has 1 aromatic heterocycles. The lowest BCUT2D eigenvalue weighted by molar-refractivity contribution is -0.0527. The number of unbranched alkanes of at least 4 members (excludes halogenated alkanes) is 1. The molecule has 2 atom stereocenters. The summed E-state index contributed by atoms with van der Waals surface area (Å²) in [4.78, 5) is 4.42. The van der Waals surface area contributed by atoms with Crippen molar-refractivity contribution in [2.75, 3.05) is 26.8 Å². The average molecular weight is 281 g/mol. The van der Waals surface area contributed by atoms with Crippen molar-refractivity contribution < 1.29 is 9.84 Å². The van der Waals surface area contributed by atoms with Crippen LogP contribution in [0.2, 0.25) is 0 Å². The van der Waals surface area contributed by atoms with Crippen molar-refractivity contribution in [2.24, 2.45) is 13.0 Å². The maximum atomic E-state index is 11.3. The normalized spacial score (nSPS) is 22.6. The molecule has 114 valence electrons. The molecule has 1 aromatic rings. The fourth-order valence-electron chi connectivity index (χ4n) is 3.18. The summed E-state index contributed by atoms with van der Waals surface area (Å²) < 4.78 is 7.05. The monoisotopic (exact) mass is 281 g/mol. The van der Waals surface area contributed by atoms with Crippen LogP contribution in [0.3, 0.4) is 0 Å². The molecule has 1 unspecified atom stereocenters. The Morgan fingerprint density at radius 1 is 1.55 bits per heavy atom. The molecule has 1 aliphatic rings. The summed E-state index contributed by atoms with van der Waals surface area (Å²) in [5, 5.41) is 14.7. The summed E-state index contributed by atoms with van der Waals surface area (Å²) in [5.74, 6) is 1.03. The first-order chi connectivity index (χ1) is 9.68. The number of ether oxygens (including phenoxy) is 1. The van der Waals surface area contributed by atoms with Crippen LogP contribution in [0.1, 0.15) is 37.9 Å². The van der Waals surface area contributed by atoms with Crippen LogP contribution in [-0.2, 0) is 17.4 Å². The molecule has 1 fully saturated rings. The minimum atomic E-state index is -0.834. The van der Waals surface area contributed by atoms with Crippen molar-refractivity contribution in [2.45, 2.75) is 37.7 Å². The molecule has 0 amide bonds. The van der Waals surface area contributed by atoms with Gasteiger partial charge < -0.3 is 19.7 Å². The van der Waals surface area contributed by atoms with E-state index in [0.29, 0.717) is 0 Å². The molecular formula is C15H27N3O2. The largest absolute Gasteiger partial charge is 0.385 e. The summed E-state index contributed by atoms with van der Waals surface area (Å²) in [6.07, 6.45) is 8.53. The maximum Gasteiger partial charge on any atom is 0.140 e. The Morgan fingerprint density at radius 2 is 2.40 bits per heavy atom. The van der Waals surface area contributed by atoms with E-state index < -0.39 is 5.60 Å². The number of nitrogens with one attached hydrogen (secondary N) is 1. The molecular weight excluding hydrogens is 254 g/mol. The first kappa shape index (κ1) is 15.5. The molecule has 0 saturated carbocycles. The minimum Gasteiger partial charge on any atom is -0.385 e. The van der Waals surface area contributed by atoms with Gasteiger partial charge in [-0.15, -0.1) is 0 Å². The van der Waals surface area contributed by atoms with E-state index in [9.17, 15) is 5.11 Å². The number of aliphatic hydroxyl groups is 1. The lowest BCUT2D eigenvalue weighted by Crippen LogP contribution is -2.45. The molecule has 0 aliphatic carbocycles. The Morgan fingerprint density at radius 3 is 3.00 bits per heavy atom. The lowest BCUT2D eigenvalue weighted by Gasteiger charge is -2.38. The van der Waals surface area contributed by atoms with Crippen LogP contribution in [0.25, 0.3) is 0 Å². The van der Waals surface area contributed by atoms with E-state index in [1.807, 2.05) is 17.8 Å². The number of hydrogen-bond donors (Lipinski definition) is 2. The highest BCUT2D eigenvalue weighted by molar-refractivity contribution is 5.08. The predicted octanol–water partition coefficient (Wildman–Crippen LogP) is 1.42. The summed E-state index contributed by atoms with van der Waals surface area (Å²) in [5.41, 5.74) is -0.834. The number of methoxy groups -OCH3 is 1. The highest BCUT2D eigenvalue weighted by Gasteiger charge is 2.41. The summed E-state index contributed by atoms with van der Waals surface area (Å²) in [7, 11) is 3.68. The third kappa shape index (κ3) is 3.40. The van der Waals surface area contributed by atoms with Crippen LogP contribution < -0.4 is 5.32 Å². The smallest absolute Gasteiger partial charge is 0.140 e. The average Bonchev–Trinajstić information content (AvgIpc) is 2.91. The molecule has 2 N–H and O–H groups in total. The van der Waals surface area contributed by atoms with Gasteiger partial charge in [-0.3, -0.25) is 0 Å².